The smallest absolute Gasteiger partial charge is 0.346 e. The highest BCUT2D eigenvalue weighted by molar-refractivity contribution is 6.35. The van der Waals surface area contributed by atoms with E-state index < -0.39 is 11.0 Å². The maximum atomic E-state index is 11.8. The van der Waals surface area contributed by atoms with Crippen molar-refractivity contribution in [1.82, 2.24) is 4.90 Å². The number of urea groups is 1. The number of benzene rings is 2. The van der Waals surface area contributed by atoms with Crippen LogP contribution in [0, 0.1) is 10.1 Å². The highest BCUT2D eigenvalue weighted by Gasteiger charge is 2.22. The molecule has 0 saturated heterocycles. The van der Waals surface area contributed by atoms with Crippen LogP contribution in [0.25, 0.3) is 0 Å². The number of nitro benzene ring substituents is 1. The van der Waals surface area contributed by atoms with Crippen LogP contribution in [0.15, 0.2) is 41.4 Å². The minimum atomic E-state index is -0.631. The van der Waals surface area contributed by atoms with Crippen LogP contribution in [0.4, 0.5) is 10.5 Å². The number of hydrogen-bond acceptors (Lipinski definition) is 5. The van der Waals surface area contributed by atoms with Gasteiger partial charge in [0, 0.05) is 31.3 Å². The predicted molar refractivity (Wildman–Crippen MR) is 102 cm³/mol. The van der Waals surface area contributed by atoms with Gasteiger partial charge in [-0.15, -0.1) is 0 Å². The van der Waals surface area contributed by atoms with E-state index in [9.17, 15) is 14.9 Å². The van der Waals surface area contributed by atoms with E-state index >= 15 is 0 Å². The summed E-state index contributed by atoms with van der Waals surface area (Å²) in [4.78, 5) is 27.6. The Morgan fingerprint density at radius 1 is 1.19 bits per heavy atom. The molecule has 0 aliphatic heterocycles. The SMILES string of the molecule is COC(=NC(=O)N(C)C)c1cc(Oc2ccc(Cl)cc2Cl)ccc1[N+](=O)[O-]. The average Bonchev–Trinajstić information content (AvgIpc) is 2.61. The maximum absolute atomic E-state index is 11.8. The van der Waals surface area contributed by atoms with E-state index in [2.05, 4.69) is 4.99 Å². The highest BCUT2D eigenvalue weighted by Crippen LogP contribution is 2.33. The fourth-order valence-corrected chi connectivity index (χ4v) is 2.44. The summed E-state index contributed by atoms with van der Waals surface area (Å²) in [5.74, 6) is 0.330. The van der Waals surface area contributed by atoms with Crippen molar-refractivity contribution < 1.29 is 19.2 Å². The summed E-state index contributed by atoms with van der Waals surface area (Å²) in [5, 5.41) is 12.1. The van der Waals surface area contributed by atoms with Crippen LogP contribution in [0.1, 0.15) is 5.56 Å². The molecule has 0 saturated carbocycles. The second-order valence-corrected chi connectivity index (χ2v) is 6.25. The lowest BCUT2D eigenvalue weighted by molar-refractivity contribution is -0.385. The van der Waals surface area contributed by atoms with Crippen molar-refractivity contribution in [1.29, 1.82) is 0 Å². The zero-order valence-electron chi connectivity index (χ0n) is 14.6. The molecule has 0 radical (unpaired) electrons. The molecule has 0 N–H and O–H groups in total. The fourth-order valence-electron chi connectivity index (χ4n) is 2.00. The van der Waals surface area contributed by atoms with Gasteiger partial charge in [-0.2, -0.15) is 4.99 Å². The molecule has 10 heteroatoms. The van der Waals surface area contributed by atoms with Crippen LogP contribution in [0.5, 0.6) is 11.5 Å². The van der Waals surface area contributed by atoms with Gasteiger partial charge < -0.3 is 14.4 Å². The van der Waals surface area contributed by atoms with Crippen molar-refractivity contribution >= 4 is 40.8 Å². The molecule has 0 heterocycles. The van der Waals surface area contributed by atoms with Gasteiger partial charge in [-0.25, -0.2) is 4.79 Å². The van der Waals surface area contributed by atoms with E-state index in [1.165, 1.54) is 50.4 Å². The number of halogens is 2. The molecule has 0 aliphatic rings. The summed E-state index contributed by atoms with van der Waals surface area (Å²) in [6, 6.07) is 7.99. The topological polar surface area (TPSA) is 94.3 Å². The number of amides is 2. The lowest BCUT2D eigenvalue weighted by Crippen LogP contribution is -2.20. The van der Waals surface area contributed by atoms with Gasteiger partial charge in [0.15, 0.2) is 0 Å². The van der Waals surface area contributed by atoms with E-state index in [1.807, 2.05) is 0 Å². The zero-order valence-corrected chi connectivity index (χ0v) is 16.1. The summed E-state index contributed by atoms with van der Waals surface area (Å²) in [5.41, 5.74) is -0.308. The largest absolute Gasteiger partial charge is 0.480 e. The number of carbonyl (C=O) groups excluding carboxylic acids is 1. The maximum Gasteiger partial charge on any atom is 0.346 e. The standard InChI is InChI=1S/C17H15Cl2N3O5/c1-21(2)17(23)20-16(26-3)12-9-11(5-6-14(12)22(24)25)27-15-7-4-10(18)8-13(15)19/h4-9H,1-3H3. The molecule has 8 nitrogen and oxygen atoms in total. The lowest BCUT2D eigenvalue weighted by Gasteiger charge is -2.12. The van der Waals surface area contributed by atoms with Crippen LogP contribution in [-0.4, -0.2) is 43.0 Å². The number of ether oxygens (including phenoxy) is 2. The summed E-state index contributed by atoms with van der Waals surface area (Å²) >= 11 is 11.9. The Morgan fingerprint density at radius 3 is 2.44 bits per heavy atom. The molecule has 27 heavy (non-hydrogen) atoms. The normalized spacial score (nSPS) is 11.1. The van der Waals surface area contributed by atoms with Gasteiger partial charge in [0.2, 0.25) is 5.90 Å². The molecule has 0 atom stereocenters. The second-order valence-electron chi connectivity index (χ2n) is 5.41. The van der Waals surface area contributed by atoms with Gasteiger partial charge in [-0.05, 0) is 24.3 Å². The van der Waals surface area contributed by atoms with Gasteiger partial charge >= 0.3 is 6.03 Å². The Kier molecular flexibility index (Phi) is 6.59. The number of methoxy groups -OCH3 is 1. The molecule has 0 unspecified atom stereocenters. The van der Waals surface area contributed by atoms with Crippen molar-refractivity contribution in [3.63, 3.8) is 0 Å². The van der Waals surface area contributed by atoms with Crippen LogP contribution in [0.2, 0.25) is 10.0 Å². The molecule has 0 fully saturated rings. The molecule has 2 aromatic rings. The van der Waals surface area contributed by atoms with E-state index in [-0.39, 0.29) is 27.9 Å². The molecular formula is C17H15Cl2N3O5. The number of aliphatic imine (C=N–C) groups is 1. The quantitative estimate of drug-likeness (QED) is 0.312. The zero-order chi connectivity index (χ0) is 20.1. The van der Waals surface area contributed by atoms with Gasteiger partial charge in [0.1, 0.15) is 17.1 Å². The summed E-state index contributed by atoms with van der Waals surface area (Å²) in [6.07, 6.45) is 0. The van der Waals surface area contributed by atoms with E-state index in [1.54, 1.807) is 12.1 Å². The first-order valence-corrected chi connectivity index (χ1v) is 8.24. The van der Waals surface area contributed by atoms with Crippen molar-refractivity contribution in [2.45, 2.75) is 0 Å². The third-order valence-electron chi connectivity index (χ3n) is 3.29. The highest BCUT2D eigenvalue weighted by atomic mass is 35.5. The summed E-state index contributed by atoms with van der Waals surface area (Å²) in [6.45, 7) is 0. The predicted octanol–water partition coefficient (Wildman–Crippen LogP) is 4.77. The van der Waals surface area contributed by atoms with E-state index in [0.717, 1.165) is 0 Å². The van der Waals surface area contributed by atoms with Gasteiger partial charge in [0.05, 0.1) is 17.1 Å². The first kappa shape index (κ1) is 20.5. The van der Waals surface area contributed by atoms with Crippen LogP contribution in [-0.2, 0) is 4.74 Å². The Hall–Kier alpha value is -2.84. The Balaban J connectivity index is 2.50. The van der Waals surface area contributed by atoms with Crippen molar-refractivity contribution in [3.05, 3.63) is 62.1 Å². The van der Waals surface area contributed by atoms with Crippen LogP contribution in [0.3, 0.4) is 0 Å². The third-order valence-corrected chi connectivity index (χ3v) is 3.82. The van der Waals surface area contributed by atoms with Crippen LogP contribution >= 0.6 is 23.2 Å². The molecule has 2 amide bonds. The molecular weight excluding hydrogens is 397 g/mol. The van der Waals surface area contributed by atoms with Crippen molar-refractivity contribution in [2.24, 2.45) is 4.99 Å². The number of nitrogens with zero attached hydrogens (tertiary/aromatic N) is 3. The minimum absolute atomic E-state index is 0.0136. The number of nitro groups is 1. The number of carbonyl (C=O) groups is 1. The molecule has 142 valence electrons. The molecule has 2 rings (SSSR count). The van der Waals surface area contributed by atoms with Crippen molar-refractivity contribution in [3.8, 4) is 11.5 Å². The molecule has 2 aromatic carbocycles. The van der Waals surface area contributed by atoms with Crippen LogP contribution < -0.4 is 4.74 Å². The molecule has 0 aromatic heterocycles. The Labute approximate surface area is 165 Å². The molecule has 0 bridgehead atoms. The Bertz CT molecular complexity index is 915. The summed E-state index contributed by atoms with van der Waals surface area (Å²) < 4.78 is 10.8. The lowest BCUT2D eigenvalue weighted by atomic mass is 10.1. The first-order valence-electron chi connectivity index (χ1n) is 7.48. The van der Waals surface area contributed by atoms with Gasteiger partial charge in [0.25, 0.3) is 5.69 Å². The number of hydrogen-bond donors (Lipinski definition) is 0. The minimum Gasteiger partial charge on any atom is -0.480 e. The fraction of sp³-hybridized carbons (Fsp3) is 0.176. The van der Waals surface area contributed by atoms with Gasteiger partial charge in [-0.3, -0.25) is 10.1 Å². The Morgan fingerprint density at radius 2 is 1.89 bits per heavy atom. The average molecular weight is 412 g/mol. The molecule has 0 aliphatic carbocycles. The van der Waals surface area contributed by atoms with E-state index in [0.29, 0.717) is 10.8 Å². The monoisotopic (exact) mass is 411 g/mol. The number of rotatable bonds is 4. The molecule has 0 spiro atoms. The van der Waals surface area contributed by atoms with E-state index in [4.69, 9.17) is 32.7 Å². The van der Waals surface area contributed by atoms with Gasteiger partial charge in [-0.1, -0.05) is 23.2 Å². The third kappa shape index (κ3) is 5.08. The second kappa shape index (κ2) is 8.70. The summed E-state index contributed by atoms with van der Waals surface area (Å²) in [7, 11) is 4.25. The van der Waals surface area contributed by atoms with Crippen molar-refractivity contribution in [2.75, 3.05) is 21.2 Å². The first-order chi connectivity index (χ1) is 12.7.